The van der Waals surface area contributed by atoms with Crippen LogP contribution in [0, 0.1) is 6.92 Å². The van der Waals surface area contributed by atoms with E-state index in [1.165, 1.54) is 28.4 Å². The van der Waals surface area contributed by atoms with Crippen LogP contribution in [0.1, 0.15) is 11.5 Å². The Labute approximate surface area is 206 Å². The van der Waals surface area contributed by atoms with E-state index in [4.69, 9.17) is 27.6 Å². The molecule has 0 spiro atoms. The maximum atomic E-state index is 12.7. The summed E-state index contributed by atoms with van der Waals surface area (Å²) in [6, 6.07) is 3.52. The fraction of sp³-hybridized carbons (Fsp3) is 0.316. The van der Waals surface area contributed by atoms with E-state index >= 15 is 0 Å². The zero-order valence-corrected chi connectivity index (χ0v) is 20.1. The summed E-state index contributed by atoms with van der Waals surface area (Å²) in [5.74, 6) is -0.609. The number of hydrogen-bond donors (Lipinski definition) is 3. The third-order valence-electron chi connectivity index (χ3n) is 4.87. The Kier molecular flexibility index (Phi) is 7.07. The molecule has 3 amide bonds. The number of carbonyl (C=O) groups excluding carboxylic acids is 2. The number of β-lactam (4-membered cyclic amide) rings is 1. The summed E-state index contributed by atoms with van der Waals surface area (Å²) in [5.41, 5.74) is 1.16. The van der Waals surface area contributed by atoms with E-state index in [1.54, 1.807) is 25.1 Å². The molecule has 1 aromatic carbocycles. The van der Waals surface area contributed by atoms with Crippen LogP contribution < -0.4 is 10.6 Å². The summed E-state index contributed by atoms with van der Waals surface area (Å²) < 4.78 is 5.30. The predicted molar refractivity (Wildman–Crippen MR) is 123 cm³/mol. The van der Waals surface area contributed by atoms with Crippen LogP contribution in [0.5, 0.6) is 0 Å². The highest BCUT2D eigenvalue weighted by Crippen LogP contribution is 2.41. The molecular weight excluding hydrogens is 513 g/mol. The molecule has 1 aromatic heterocycles. The van der Waals surface area contributed by atoms with Crippen molar-refractivity contribution in [1.82, 2.24) is 25.7 Å². The van der Waals surface area contributed by atoms with Crippen LogP contribution in [-0.4, -0.2) is 61.0 Å². The van der Waals surface area contributed by atoms with E-state index in [1.807, 2.05) is 0 Å². The number of halogens is 2. The van der Waals surface area contributed by atoms with Crippen molar-refractivity contribution in [2.45, 2.75) is 30.1 Å². The minimum Gasteiger partial charge on any atom is -0.477 e. The number of rotatable bonds is 7. The number of carbonyl (C=O) groups is 3. The fourth-order valence-corrected chi connectivity index (χ4v) is 6.08. The number of amides is 3. The van der Waals surface area contributed by atoms with Crippen LogP contribution in [-0.2, 0) is 16.1 Å². The highest BCUT2D eigenvalue weighted by Gasteiger charge is 2.54. The van der Waals surface area contributed by atoms with Gasteiger partial charge < -0.3 is 20.2 Å². The van der Waals surface area contributed by atoms with Gasteiger partial charge in [0.1, 0.15) is 17.1 Å². The first-order valence-electron chi connectivity index (χ1n) is 9.55. The minimum absolute atomic E-state index is 0.0705. The molecule has 14 heteroatoms. The summed E-state index contributed by atoms with van der Waals surface area (Å²) in [6.07, 6.45) is 0. The van der Waals surface area contributed by atoms with Crippen molar-refractivity contribution in [3.8, 4) is 0 Å². The number of hydrogen-bond acceptors (Lipinski definition) is 8. The number of nitrogens with one attached hydrogen (secondary N) is 2. The van der Waals surface area contributed by atoms with Gasteiger partial charge in [-0.05, 0) is 23.3 Å². The molecule has 10 nitrogen and oxygen atoms in total. The average Bonchev–Trinajstić information content (AvgIpc) is 3.19. The molecule has 1 fully saturated rings. The summed E-state index contributed by atoms with van der Waals surface area (Å²) in [5, 5.41) is 23.3. The van der Waals surface area contributed by atoms with Gasteiger partial charge in [0.15, 0.2) is 0 Å². The number of carboxylic acids is 1. The molecule has 2 aliphatic heterocycles. The van der Waals surface area contributed by atoms with Crippen LogP contribution in [0.3, 0.4) is 0 Å². The lowest BCUT2D eigenvalue weighted by molar-refractivity contribution is -0.148. The average molecular weight is 530 g/mol. The van der Waals surface area contributed by atoms with Crippen molar-refractivity contribution < 1.29 is 23.9 Å². The van der Waals surface area contributed by atoms with Crippen molar-refractivity contribution in [1.29, 1.82) is 0 Å². The van der Waals surface area contributed by atoms with E-state index < -0.39 is 29.3 Å². The first-order valence-corrected chi connectivity index (χ1v) is 12.3. The van der Waals surface area contributed by atoms with E-state index in [-0.39, 0.29) is 18.0 Å². The topological polar surface area (TPSA) is 138 Å². The highest BCUT2D eigenvalue weighted by molar-refractivity contribution is 8.01. The van der Waals surface area contributed by atoms with Gasteiger partial charge in [0.05, 0.1) is 0 Å². The van der Waals surface area contributed by atoms with Crippen LogP contribution in [0.2, 0.25) is 10.0 Å². The third kappa shape index (κ3) is 5.08. The Morgan fingerprint density at radius 3 is 2.82 bits per heavy atom. The zero-order valence-electron chi connectivity index (χ0n) is 17.0. The molecule has 3 heterocycles. The molecule has 174 valence electrons. The smallest absolute Gasteiger partial charge is 0.352 e. The fourth-order valence-electron chi connectivity index (χ4n) is 3.31. The second-order valence-electron chi connectivity index (χ2n) is 7.08. The molecule has 0 bridgehead atoms. The van der Waals surface area contributed by atoms with Gasteiger partial charge in [-0.25, -0.2) is 9.59 Å². The van der Waals surface area contributed by atoms with Crippen molar-refractivity contribution in [3.63, 3.8) is 0 Å². The van der Waals surface area contributed by atoms with E-state index in [2.05, 4.69) is 20.8 Å². The molecule has 1 unspecified atom stereocenters. The first kappa shape index (κ1) is 23.7. The maximum Gasteiger partial charge on any atom is 0.352 e. The standard InChI is InChI=1S/C19H17Cl2N5O5S2/c1-8-24-25-19(31-8)33-7-10-6-32-16-13(15(27)26(16)14(10)17(28)29)23-18(30)22-5-9-2-3-11(20)4-12(9)21/h2-4,13,16H,5-7H2,1H3,(H,28,29)(H2,22,23,30)/t13?,16-/m0/s1. The molecule has 0 radical (unpaired) electrons. The quantitative estimate of drug-likeness (QED) is 0.365. The van der Waals surface area contributed by atoms with Crippen LogP contribution >= 0.6 is 46.7 Å². The van der Waals surface area contributed by atoms with Crippen LogP contribution in [0.15, 0.2) is 39.1 Å². The SMILES string of the molecule is Cc1nnc(SCC2=C(C(=O)O)N3C(=O)C(NC(=O)NCc4ccc(Cl)cc4Cl)[C@@H]3SC2)o1. The monoisotopic (exact) mass is 529 g/mol. The number of urea groups is 1. The Balaban J connectivity index is 1.38. The number of aromatic nitrogens is 2. The number of aliphatic carboxylic acids is 1. The van der Waals surface area contributed by atoms with E-state index in [9.17, 15) is 19.5 Å². The zero-order chi connectivity index (χ0) is 23.7. The van der Waals surface area contributed by atoms with E-state index in [0.29, 0.717) is 38.0 Å². The molecule has 33 heavy (non-hydrogen) atoms. The lowest BCUT2D eigenvalue weighted by atomic mass is 10.0. The lowest BCUT2D eigenvalue weighted by Crippen LogP contribution is -2.71. The molecule has 2 atom stereocenters. The third-order valence-corrected chi connectivity index (χ3v) is 7.70. The summed E-state index contributed by atoms with van der Waals surface area (Å²) in [7, 11) is 0. The van der Waals surface area contributed by atoms with Crippen molar-refractivity contribution in [2.75, 3.05) is 11.5 Å². The number of nitrogens with zero attached hydrogens (tertiary/aromatic N) is 3. The summed E-state index contributed by atoms with van der Waals surface area (Å²) in [4.78, 5) is 38.2. The molecule has 0 aliphatic carbocycles. The van der Waals surface area contributed by atoms with Gasteiger partial charge in [0.2, 0.25) is 5.89 Å². The largest absolute Gasteiger partial charge is 0.477 e. The number of aryl methyl sites for hydroxylation is 1. The van der Waals surface area contributed by atoms with E-state index in [0.717, 1.165) is 0 Å². The Bertz CT molecular complexity index is 1160. The summed E-state index contributed by atoms with van der Waals surface area (Å²) in [6.45, 7) is 1.80. The molecular formula is C19H17Cl2N5O5S2. The Morgan fingerprint density at radius 1 is 1.36 bits per heavy atom. The molecule has 2 aromatic rings. The molecule has 3 N–H and O–H groups in total. The first-order chi connectivity index (χ1) is 15.7. The lowest BCUT2D eigenvalue weighted by Gasteiger charge is -2.49. The van der Waals surface area contributed by atoms with Gasteiger partial charge in [-0.1, -0.05) is 41.0 Å². The molecule has 2 aliphatic rings. The second kappa shape index (κ2) is 9.84. The molecule has 4 rings (SSSR count). The maximum absolute atomic E-state index is 12.7. The van der Waals surface area contributed by atoms with Crippen molar-refractivity contribution >= 4 is 64.6 Å². The van der Waals surface area contributed by atoms with Crippen molar-refractivity contribution in [2.24, 2.45) is 0 Å². The second-order valence-corrected chi connectivity index (χ2v) is 9.96. The minimum atomic E-state index is -1.20. The van der Waals surface area contributed by atoms with Gasteiger partial charge in [0, 0.05) is 35.0 Å². The molecule has 1 saturated heterocycles. The Hall–Kier alpha value is -2.41. The Morgan fingerprint density at radius 2 is 2.15 bits per heavy atom. The predicted octanol–water partition coefficient (Wildman–Crippen LogP) is 2.90. The summed E-state index contributed by atoms with van der Waals surface area (Å²) >= 11 is 14.6. The van der Waals surface area contributed by atoms with Crippen LogP contribution in [0.4, 0.5) is 4.79 Å². The van der Waals surface area contributed by atoms with Crippen molar-refractivity contribution in [3.05, 3.63) is 51.0 Å². The molecule has 0 saturated carbocycles. The van der Waals surface area contributed by atoms with Gasteiger partial charge in [-0.2, -0.15) is 0 Å². The number of carboxylic acid groups (broad SMARTS) is 1. The van der Waals surface area contributed by atoms with Gasteiger partial charge in [-0.3, -0.25) is 9.69 Å². The number of thioether (sulfide) groups is 2. The van der Waals surface area contributed by atoms with Gasteiger partial charge in [0.25, 0.3) is 11.1 Å². The van der Waals surface area contributed by atoms with Gasteiger partial charge in [-0.15, -0.1) is 22.0 Å². The van der Waals surface area contributed by atoms with Gasteiger partial charge >= 0.3 is 12.0 Å². The normalized spacial score (nSPS) is 19.7. The van der Waals surface area contributed by atoms with Crippen LogP contribution in [0.25, 0.3) is 0 Å². The number of fused-ring (bicyclic) bond motifs is 1. The highest BCUT2D eigenvalue weighted by atomic mass is 35.5. The number of benzene rings is 1.